The minimum Gasteiger partial charge on any atom is -0.383 e. The molecule has 1 aliphatic carbocycles. The first-order valence-corrected chi connectivity index (χ1v) is 12.6. The molecule has 0 saturated heterocycles. The Hall–Kier alpha value is -3.24. The van der Waals surface area contributed by atoms with Crippen LogP contribution in [-0.2, 0) is 11.8 Å². The molecule has 4 aromatic heterocycles. The summed E-state index contributed by atoms with van der Waals surface area (Å²) in [5, 5.41) is 4.32. The molecule has 0 radical (unpaired) electrons. The Morgan fingerprint density at radius 3 is 2.86 bits per heavy atom. The second-order valence-corrected chi connectivity index (χ2v) is 10.0. The van der Waals surface area contributed by atoms with E-state index in [0.29, 0.717) is 28.9 Å². The lowest BCUT2D eigenvalue weighted by atomic mass is 9.82. The van der Waals surface area contributed by atoms with E-state index in [1.165, 1.54) is 25.7 Å². The molecule has 1 N–H and O–H groups in total. The fraction of sp³-hybridized carbons (Fsp3) is 0.480. The first-order valence-electron chi connectivity index (χ1n) is 12.2. The normalized spacial score (nSPS) is 18.1. The average molecular weight is 512 g/mol. The zero-order valence-corrected chi connectivity index (χ0v) is 21.5. The number of hydrogen-bond acceptors (Lipinski definition) is 8. The third-order valence-electron chi connectivity index (χ3n) is 6.86. The highest BCUT2D eigenvalue weighted by Crippen LogP contribution is 2.35. The molecule has 0 amide bonds. The Bertz CT molecular complexity index is 1410. The number of imidazole rings is 1. The molecular weight excluding hydrogens is 482 g/mol. The predicted molar refractivity (Wildman–Crippen MR) is 138 cm³/mol. The van der Waals surface area contributed by atoms with E-state index in [-0.39, 0.29) is 5.82 Å². The lowest BCUT2D eigenvalue weighted by Crippen LogP contribution is -2.35. The molecule has 2 atom stereocenters. The van der Waals surface area contributed by atoms with Crippen LogP contribution in [0.3, 0.4) is 0 Å². The number of methoxy groups -OCH3 is 1. The number of pyridine rings is 2. The molecule has 0 spiro atoms. The quantitative estimate of drug-likeness (QED) is 0.372. The van der Waals surface area contributed by atoms with Crippen molar-refractivity contribution in [2.75, 3.05) is 31.7 Å². The van der Waals surface area contributed by atoms with Gasteiger partial charge in [0.25, 0.3) is 0 Å². The maximum atomic E-state index is 11.6. The number of H-pyrrole nitrogens is 1. The zero-order valence-electron chi connectivity index (χ0n) is 20.7. The topological polar surface area (TPSA) is 115 Å². The van der Waals surface area contributed by atoms with Gasteiger partial charge in [0.2, 0.25) is 11.8 Å². The largest absolute Gasteiger partial charge is 0.439 e. The molecule has 1 saturated carbocycles. The van der Waals surface area contributed by atoms with Crippen molar-refractivity contribution < 1.29 is 9.26 Å². The Balaban J connectivity index is 1.64. The molecule has 11 heteroatoms. The smallest absolute Gasteiger partial charge is 0.383 e. The summed E-state index contributed by atoms with van der Waals surface area (Å²) in [6, 6.07) is 3.62. The van der Waals surface area contributed by atoms with E-state index in [4.69, 9.17) is 30.8 Å². The standard InChI is InChI=1S/C25H30ClN7O3/c1-15-5-4-6-16(9-15)14-33(7-8-35-3)24-29-19-11-20(23-30-25(34)36-31-23)28-21(22(19)32(24)2)17-10-18(26)13-27-12-17/h10-13,15-16H,4-9,14H2,1-3H3,(H,30,31,34). The summed E-state index contributed by atoms with van der Waals surface area (Å²) in [7, 11) is 3.71. The number of rotatable bonds is 8. The van der Waals surface area contributed by atoms with Gasteiger partial charge in [0.05, 0.1) is 28.4 Å². The minimum absolute atomic E-state index is 0.234. The highest BCUT2D eigenvalue weighted by Gasteiger charge is 2.26. The van der Waals surface area contributed by atoms with Crippen LogP contribution in [0, 0.1) is 11.8 Å². The second-order valence-electron chi connectivity index (χ2n) is 9.61. The first kappa shape index (κ1) is 24.5. The van der Waals surface area contributed by atoms with Crippen LogP contribution in [0.4, 0.5) is 5.95 Å². The predicted octanol–water partition coefficient (Wildman–Crippen LogP) is 4.31. The van der Waals surface area contributed by atoms with Gasteiger partial charge in [0.15, 0.2) is 0 Å². The number of halogens is 1. The van der Waals surface area contributed by atoms with E-state index in [9.17, 15) is 4.79 Å². The number of ether oxygens (including phenoxy) is 1. The molecular formula is C25H30ClN7O3. The fourth-order valence-corrected chi connectivity index (χ4v) is 5.40. The summed E-state index contributed by atoms with van der Waals surface area (Å²) in [5.74, 6) is 1.77. The van der Waals surface area contributed by atoms with Gasteiger partial charge in [0, 0.05) is 45.2 Å². The fourth-order valence-electron chi connectivity index (χ4n) is 5.22. The number of anilines is 1. The number of hydrogen-bond donors (Lipinski definition) is 1. The number of aromatic amines is 1. The molecule has 0 aromatic carbocycles. The number of aryl methyl sites for hydroxylation is 1. The van der Waals surface area contributed by atoms with Crippen LogP contribution in [0.25, 0.3) is 33.8 Å². The van der Waals surface area contributed by atoms with Crippen LogP contribution in [0.2, 0.25) is 5.02 Å². The Morgan fingerprint density at radius 1 is 1.28 bits per heavy atom. The number of fused-ring (bicyclic) bond motifs is 1. The minimum atomic E-state index is -0.646. The molecule has 5 rings (SSSR count). The molecule has 190 valence electrons. The van der Waals surface area contributed by atoms with Gasteiger partial charge < -0.3 is 14.2 Å². The van der Waals surface area contributed by atoms with Crippen molar-refractivity contribution in [3.63, 3.8) is 0 Å². The van der Waals surface area contributed by atoms with Crippen molar-refractivity contribution in [2.24, 2.45) is 18.9 Å². The Kier molecular flexibility index (Phi) is 7.06. The van der Waals surface area contributed by atoms with Crippen LogP contribution in [-0.4, -0.2) is 56.5 Å². The summed E-state index contributed by atoms with van der Waals surface area (Å²) in [6.07, 6.45) is 8.30. The van der Waals surface area contributed by atoms with Crippen LogP contribution in [0.5, 0.6) is 0 Å². The first-order chi connectivity index (χ1) is 17.4. The highest BCUT2D eigenvalue weighted by atomic mass is 35.5. The summed E-state index contributed by atoms with van der Waals surface area (Å²) in [6.45, 7) is 4.58. The van der Waals surface area contributed by atoms with Gasteiger partial charge in [0.1, 0.15) is 5.69 Å². The van der Waals surface area contributed by atoms with Gasteiger partial charge >= 0.3 is 5.76 Å². The molecule has 4 aromatic rings. The van der Waals surface area contributed by atoms with Gasteiger partial charge in [-0.1, -0.05) is 36.5 Å². The third kappa shape index (κ3) is 5.01. The van der Waals surface area contributed by atoms with Gasteiger partial charge in [-0.3, -0.25) is 14.5 Å². The maximum absolute atomic E-state index is 11.6. The molecule has 1 fully saturated rings. The van der Waals surface area contributed by atoms with Crippen molar-refractivity contribution in [3.8, 4) is 22.8 Å². The van der Waals surface area contributed by atoms with Crippen molar-refractivity contribution >= 4 is 28.6 Å². The Labute approximate surface area is 213 Å². The van der Waals surface area contributed by atoms with Crippen molar-refractivity contribution in [1.29, 1.82) is 0 Å². The van der Waals surface area contributed by atoms with Gasteiger partial charge in [-0.05, 0) is 36.8 Å². The number of nitrogens with one attached hydrogen (secondary N) is 1. The average Bonchev–Trinajstić information content (AvgIpc) is 3.44. The lowest BCUT2D eigenvalue weighted by molar-refractivity contribution is 0.201. The monoisotopic (exact) mass is 511 g/mol. The third-order valence-corrected chi connectivity index (χ3v) is 7.07. The molecule has 10 nitrogen and oxygen atoms in total. The van der Waals surface area contributed by atoms with Crippen LogP contribution >= 0.6 is 11.6 Å². The van der Waals surface area contributed by atoms with Crippen LogP contribution in [0.15, 0.2) is 33.8 Å². The molecule has 36 heavy (non-hydrogen) atoms. The summed E-state index contributed by atoms with van der Waals surface area (Å²) in [4.78, 5) is 30.6. The summed E-state index contributed by atoms with van der Waals surface area (Å²) in [5.41, 5.74) is 3.37. The molecule has 1 aliphatic rings. The number of aromatic nitrogens is 6. The van der Waals surface area contributed by atoms with Crippen LogP contribution in [0.1, 0.15) is 32.6 Å². The SMILES string of the molecule is COCCN(CC1CCCC(C)C1)c1nc2cc(-c3noc(=O)[nH]3)nc(-c3cncc(Cl)c3)c2n1C. The molecule has 0 bridgehead atoms. The van der Waals surface area contributed by atoms with E-state index in [1.54, 1.807) is 19.5 Å². The number of nitrogens with zero attached hydrogens (tertiary/aromatic N) is 6. The van der Waals surface area contributed by atoms with Crippen molar-refractivity contribution in [3.05, 3.63) is 40.1 Å². The van der Waals surface area contributed by atoms with Crippen molar-refractivity contribution in [2.45, 2.75) is 32.6 Å². The molecule has 4 heterocycles. The van der Waals surface area contributed by atoms with E-state index in [1.807, 2.05) is 19.2 Å². The summed E-state index contributed by atoms with van der Waals surface area (Å²) >= 11 is 6.27. The van der Waals surface area contributed by atoms with Gasteiger partial charge in [-0.25, -0.2) is 14.8 Å². The Morgan fingerprint density at radius 2 is 2.14 bits per heavy atom. The second kappa shape index (κ2) is 10.4. The molecule has 2 unspecified atom stereocenters. The van der Waals surface area contributed by atoms with E-state index < -0.39 is 5.76 Å². The highest BCUT2D eigenvalue weighted by molar-refractivity contribution is 6.30. The van der Waals surface area contributed by atoms with E-state index >= 15 is 0 Å². The van der Waals surface area contributed by atoms with E-state index in [0.717, 1.165) is 41.6 Å². The van der Waals surface area contributed by atoms with Crippen LogP contribution < -0.4 is 10.7 Å². The van der Waals surface area contributed by atoms with Gasteiger partial charge in [-0.2, -0.15) is 0 Å². The zero-order chi connectivity index (χ0) is 25.2. The van der Waals surface area contributed by atoms with Gasteiger partial charge in [-0.15, -0.1) is 0 Å². The lowest BCUT2D eigenvalue weighted by Gasteiger charge is -2.32. The molecule has 0 aliphatic heterocycles. The summed E-state index contributed by atoms with van der Waals surface area (Å²) < 4.78 is 12.2. The van der Waals surface area contributed by atoms with E-state index in [2.05, 4.69) is 31.5 Å². The maximum Gasteiger partial charge on any atom is 0.439 e. The van der Waals surface area contributed by atoms with Crippen molar-refractivity contribution in [1.82, 2.24) is 29.7 Å².